The summed E-state index contributed by atoms with van der Waals surface area (Å²) in [5.74, 6) is 0.772. The maximum Gasteiger partial charge on any atom is 0.410 e. The molecule has 2 fully saturated rings. The minimum absolute atomic E-state index is 0.298. The number of esters is 1. The summed E-state index contributed by atoms with van der Waals surface area (Å²) in [6.07, 6.45) is 6.60. The molecule has 0 radical (unpaired) electrons. The van der Waals surface area contributed by atoms with Crippen molar-refractivity contribution < 1.29 is 19.1 Å². The van der Waals surface area contributed by atoms with Crippen LogP contribution in [0.15, 0.2) is 12.2 Å². The fourth-order valence-corrected chi connectivity index (χ4v) is 3.82. The van der Waals surface area contributed by atoms with Crippen molar-refractivity contribution >= 4 is 12.1 Å². The van der Waals surface area contributed by atoms with E-state index >= 15 is 0 Å². The van der Waals surface area contributed by atoms with Gasteiger partial charge in [0, 0.05) is 12.6 Å². The molecule has 0 unspecified atom stereocenters. The molecule has 2 rings (SSSR count). The van der Waals surface area contributed by atoms with Crippen LogP contribution in [0.2, 0.25) is 0 Å². The fourth-order valence-electron chi connectivity index (χ4n) is 3.82. The number of likely N-dealkylation sites (tertiary alicyclic amines) is 1. The van der Waals surface area contributed by atoms with Gasteiger partial charge in [-0.05, 0) is 50.4 Å². The maximum absolute atomic E-state index is 12.2. The molecule has 1 aliphatic carbocycles. The highest BCUT2D eigenvalue weighted by atomic mass is 16.6. The molecule has 1 saturated heterocycles. The van der Waals surface area contributed by atoms with E-state index in [2.05, 4.69) is 0 Å². The Morgan fingerprint density at radius 1 is 1.30 bits per heavy atom. The van der Waals surface area contributed by atoms with Gasteiger partial charge >= 0.3 is 12.1 Å². The summed E-state index contributed by atoms with van der Waals surface area (Å²) in [6, 6.07) is 1.47. The summed E-state index contributed by atoms with van der Waals surface area (Å²) in [4.78, 5) is 25.8. The predicted molar refractivity (Wildman–Crippen MR) is 83.2 cm³/mol. The van der Waals surface area contributed by atoms with E-state index in [0.29, 0.717) is 37.3 Å². The quantitative estimate of drug-likeness (QED) is 0.589. The van der Waals surface area contributed by atoms with E-state index in [0.717, 1.165) is 19.3 Å². The molecule has 0 aromatic heterocycles. The van der Waals surface area contributed by atoms with Gasteiger partial charge in [-0.15, -0.1) is 0 Å². The lowest BCUT2D eigenvalue weighted by molar-refractivity contribution is -0.152. The van der Waals surface area contributed by atoms with Crippen molar-refractivity contribution in [3.8, 4) is 6.07 Å². The average Bonchev–Trinajstić information content (AvgIpc) is 2.58. The first-order valence-electron chi connectivity index (χ1n) is 8.18. The molecule has 1 heterocycles. The number of allylic oxidation sites excluding steroid dienone is 2. The van der Waals surface area contributed by atoms with E-state index < -0.39 is 12.1 Å². The molecule has 0 spiro atoms. The van der Waals surface area contributed by atoms with Crippen molar-refractivity contribution in [3.63, 3.8) is 0 Å². The fraction of sp³-hybridized carbons (Fsp3) is 0.706. The Hall–Kier alpha value is -2.03. The lowest BCUT2D eigenvalue weighted by Crippen LogP contribution is -2.54. The number of methoxy groups -OCH3 is 1. The molecular weight excluding hydrogens is 296 g/mol. The Balaban J connectivity index is 2.11. The highest BCUT2D eigenvalue weighted by Crippen LogP contribution is 2.41. The van der Waals surface area contributed by atoms with Crippen molar-refractivity contribution in [2.75, 3.05) is 20.3 Å². The lowest BCUT2D eigenvalue weighted by Gasteiger charge is -2.45. The van der Waals surface area contributed by atoms with Crippen LogP contribution in [0, 0.1) is 29.1 Å². The van der Waals surface area contributed by atoms with Crippen LogP contribution < -0.4 is 0 Å². The Labute approximate surface area is 137 Å². The Kier molecular flexibility index (Phi) is 6.03. The first-order valence-corrected chi connectivity index (χ1v) is 8.18. The molecule has 126 valence electrons. The van der Waals surface area contributed by atoms with Gasteiger partial charge in [0.2, 0.25) is 0 Å². The number of amides is 1. The number of fused-ring (bicyclic) bond motifs is 1. The number of hydrogen-bond donors (Lipinski definition) is 0. The van der Waals surface area contributed by atoms with E-state index in [9.17, 15) is 9.59 Å². The minimum atomic E-state index is -0.567. The van der Waals surface area contributed by atoms with E-state index in [-0.39, 0.29) is 5.97 Å². The summed E-state index contributed by atoms with van der Waals surface area (Å²) in [6.45, 7) is 2.59. The molecule has 1 aliphatic heterocycles. The molecule has 0 N–H and O–H groups in total. The SMILES string of the molecule is CCOC(=O)[C@@H]1C[C@H]2C[C@@H](C=CC#N)CC[C@H]2CN1C(=O)OC. The highest BCUT2D eigenvalue weighted by Gasteiger charge is 2.44. The third-order valence-electron chi connectivity index (χ3n) is 4.92. The van der Waals surface area contributed by atoms with Crippen LogP contribution in [-0.2, 0) is 14.3 Å². The highest BCUT2D eigenvalue weighted by molar-refractivity contribution is 5.81. The number of rotatable bonds is 3. The van der Waals surface area contributed by atoms with Gasteiger partial charge in [-0.2, -0.15) is 5.26 Å². The number of piperidine rings is 1. The molecule has 4 atom stereocenters. The number of ether oxygens (including phenoxy) is 2. The normalized spacial score (nSPS) is 30.4. The van der Waals surface area contributed by atoms with Crippen LogP contribution in [0.25, 0.3) is 0 Å². The monoisotopic (exact) mass is 320 g/mol. The second-order valence-corrected chi connectivity index (χ2v) is 6.21. The first kappa shape index (κ1) is 17.3. The predicted octanol–water partition coefficient (Wildman–Crippen LogP) is 2.50. The Bertz CT molecular complexity index is 511. The Morgan fingerprint density at radius 3 is 2.74 bits per heavy atom. The van der Waals surface area contributed by atoms with Crippen LogP contribution in [-0.4, -0.2) is 43.3 Å². The summed E-state index contributed by atoms with van der Waals surface area (Å²) in [7, 11) is 1.33. The molecule has 2 aliphatic rings. The number of nitriles is 1. The molecule has 0 aromatic carbocycles. The van der Waals surface area contributed by atoms with Crippen LogP contribution in [0.4, 0.5) is 4.79 Å². The van der Waals surface area contributed by atoms with Crippen LogP contribution in [0.5, 0.6) is 0 Å². The molecular formula is C17H24N2O4. The molecule has 6 nitrogen and oxygen atoms in total. The molecule has 0 aromatic rings. The smallest absolute Gasteiger partial charge is 0.410 e. The zero-order valence-electron chi connectivity index (χ0n) is 13.7. The van der Waals surface area contributed by atoms with E-state index in [1.807, 2.05) is 12.1 Å². The van der Waals surface area contributed by atoms with Gasteiger partial charge in [0.25, 0.3) is 0 Å². The molecule has 1 amide bonds. The van der Waals surface area contributed by atoms with Gasteiger partial charge in [-0.3, -0.25) is 4.90 Å². The lowest BCUT2D eigenvalue weighted by atomic mass is 9.69. The Morgan fingerprint density at radius 2 is 2.09 bits per heavy atom. The summed E-state index contributed by atoms with van der Waals surface area (Å²) < 4.78 is 9.97. The molecule has 23 heavy (non-hydrogen) atoms. The minimum Gasteiger partial charge on any atom is -0.464 e. The second kappa shape index (κ2) is 8.00. The number of nitrogens with zero attached hydrogens (tertiary/aromatic N) is 2. The summed E-state index contributed by atoms with van der Waals surface area (Å²) in [5.41, 5.74) is 0. The van der Waals surface area contributed by atoms with Gasteiger partial charge in [0.05, 0.1) is 19.8 Å². The van der Waals surface area contributed by atoms with Crippen molar-refractivity contribution in [3.05, 3.63) is 12.2 Å². The van der Waals surface area contributed by atoms with Crippen molar-refractivity contribution in [2.24, 2.45) is 17.8 Å². The number of hydrogen-bond acceptors (Lipinski definition) is 5. The second-order valence-electron chi connectivity index (χ2n) is 6.21. The third-order valence-corrected chi connectivity index (χ3v) is 4.92. The standard InChI is InChI=1S/C17H24N2O4/c1-3-23-16(20)15-10-14-9-12(5-4-8-18)6-7-13(14)11-19(15)17(21)22-2/h4-5,12-15H,3,6-7,9-11H2,1-2H3/t12-,13-,14+,15-/m0/s1. The van der Waals surface area contributed by atoms with Gasteiger partial charge in [-0.1, -0.05) is 6.08 Å². The number of carbonyl (C=O) groups is 2. The summed E-state index contributed by atoms with van der Waals surface area (Å²) >= 11 is 0. The van der Waals surface area contributed by atoms with Crippen molar-refractivity contribution in [1.29, 1.82) is 5.26 Å². The van der Waals surface area contributed by atoms with Gasteiger partial charge < -0.3 is 9.47 Å². The first-order chi connectivity index (χ1) is 11.1. The zero-order valence-corrected chi connectivity index (χ0v) is 13.7. The maximum atomic E-state index is 12.2. The zero-order chi connectivity index (χ0) is 16.8. The van der Waals surface area contributed by atoms with Gasteiger partial charge in [0.1, 0.15) is 6.04 Å². The van der Waals surface area contributed by atoms with Crippen molar-refractivity contribution in [2.45, 2.75) is 38.6 Å². The summed E-state index contributed by atoms with van der Waals surface area (Å²) in [5, 5.41) is 8.67. The van der Waals surface area contributed by atoms with E-state index in [4.69, 9.17) is 14.7 Å². The van der Waals surface area contributed by atoms with Crippen molar-refractivity contribution in [1.82, 2.24) is 4.90 Å². The van der Waals surface area contributed by atoms with E-state index in [1.54, 1.807) is 6.92 Å². The van der Waals surface area contributed by atoms with Gasteiger partial charge in [0.15, 0.2) is 0 Å². The van der Waals surface area contributed by atoms with Crippen LogP contribution >= 0.6 is 0 Å². The molecule has 1 saturated carbocycles. The number of carbonyl (C=O) groups excluding carboxylic acids is 2. The average molecular weight is 320 g/mol. The largest absolute Gasteiger partial charge is 0.464 e. The third kappa shape index (κ3) is 4.04. The molecule has 6 heteroatoms. The molecule has 0 bridgehead atoms. The van der Waals surface area contributed by atoms with E-state index in [1.165, 1.54) is 18.1 Å². The topological polar surface area (TPSA) is 79.6 Å². The van der Waals surface area contributed by atoms with Crippen LogP contribution in [0.3, 0.4) is 0 Å². The van der Waals surface area contributed by atoms with Crippen LogP contribution in [0.1, 0.15) is 32.6 Å². The van der Waals surface area contributed by atoms with Gasteiger partial charge in [-0.25, -0.2) is 9.59 Å².